The molecule has 2 amide bonds. The van der Waals surface area contributed by atoms with Crippen molar-refractivity contribution in [1.29, 1.82) is 0 Å². The van der Waals surface area contributed by atoms with Crippen molar-refractivity contribution in [2.45, 2.75) is 26.2 Å². The molecule has 0 aliphatic rings. The van der Waals surface area contributed by atoms with Crippen molar-refractivity contribution in [1.82, 2.24) is 0 Å². The number of anilines is 2. The summed E-state index contributed by atoms with van der Waals surface area (Å²) in [5.74, 6) is 0.430. The SMILES string of the molecule is COC(=O)Nc1ccc(NC(=O)CCC(C)CCN)cc1. The molecule has 1 aromatic carbocycles. The fourth-order valence-corrected chi connectivity index (χ4v) is 1.84. The molecule has 116 valence electrons. The summed E-state index contributed by atoms with van der Waals surface area (Å²) in [5.41, 5.74) is 6.78. The first-order valence-electron chi connectivity index (χ1n) is 7.00. The molecule has 0 fully saturated rings. The quantitative estimate of drug-likeness (QED) is 0.720. The van der Waals surface area contributed by atoms with E-state index in [0.29, 0.717) is 30.3 Å². The number of carbonyl (C=O) groups excluding carboxylic acids is 2. The molecule has 6 nitrogen and oxygen atoms in total. The van der Waals surface area contributed by atoms with Crippen molar-refractivity contribution in [3.05, 3.63) is 24.3 Å². The van der Waals surface area contributed by atoms with Gasteiger partial charge in [0.15, 0.2) is 0 Å². The Morgan fingerprint density at radius 2 is 1.71 bits per heavy atom. The number of amides is 2. The van der Waals surface area contributed by atoms with Crippen molar-refractivity contribution < 1.29 is 14.3 Å². The number of hydrogen-bond donors (Lipinski definition) is 3. The van der Waals surface area contributed by atoms with E-state index in [4.69, 9.17) is 5.73 Å². The Balaban J connectivity index is 2.41. The van der Waals surface area contributed by atoms with Crippen LogP contribution in [0.3, 0.4) is 0 Å². The van der Waals surface area contributed by atoms with E-state index in [0.717, 1.165) is 12.8 Å². The number of hydrogen-bond acceptors (Lipinski definition) is 4. The van der Waals surface area contributed by atoms with Gasteiger partial charge in [-0.25, -0.2) is 4.79 Å². The zero-order valence-electron chi connectivity index (χ0n) is 12.5. The fraction of sp³-hybridized carbons (Fsp3) is 0.467. The summed E-state index contributed by atoms with van der Waals surface area (Å²) >= 11 is 0. The van der Waals surface area contributed by atoms with E-state index in [9.17, 15) is 9.59 Å². The minimum atomic E-state index is -0.527. The highest BCUT2D eigenvalue weighted by molar-refractivity contribution is 5.91. The molecule has 6 heteroatoms. The number of methoxy groups -OCH3 is 1. The van der Waals surface area contributed by atoms with Gasteiger partial charge < -0.3 is 15.8 Å². The summed E-state index contributed by atoms with van der Waals surface area (Å²) in [6, 6.07) is 6.85. The summed E-state index contributed by atoms with van der Waals surface area (Å²) < 4.78 is 4.49. The average molecular weight is 293 g/mol. The lowest BCUT2D eigenvalue weighted by Crippen LogP contribution is -2.14. The molecule has 0 saturated heterocycles. The summed E-state index contributed by atoms with van der Waals surface area (Å²) in [6.07, 6.45) is 1.70. The van der Waals surface area contributed by atoms with Crippen LogP contribution >= 0.6 is 0 Å². The third kappa shape index (κ3) is 6.76. The smallest absolute Gasteiger partial charge is 0.411 e. The Labute approximate surface area is 125 Å². The molecular weight excluding hydrogens is 270 g/mol. The van der Waals surface area contributed by atoms with Crippen LogP contribution in [0.2, 0.25) is 0 Å². The highest BCUT2D eigenvalue weighted by atomic mass is 16.5. The summed E-state index contributed by atoms with van der Waals surface area (Å²) in [7, 11) is 1.30. The van der Waals surface area contributed by atoms with Gasteiger partial charge in [0.1, 0.15) is 0 Å². The Morgan fingerprint density at radius 1 is 1.14 bits per heavy atom. The van der Waals surface area contributed by atoms with Crippen molar-refractivity contribution >= 4 is 23.4 Å². The molecule has 0 radical (unpaired) electrons. The summed E-state index contributed by atoms with van der Waals surface area (Å²) in [6.45, 7) is 2.74. The zero-order chi connectivity index (χ0) is 15.7. The van der Waals surface area contributed by atoms with Crippen LogP contribution in [0, 0.1) is 5.92 Å². The highest BCUT2D eigenvalue weighted by Crippen LogP contribution is 2.15. The first-order valence-corrected chi connectivity index (χ1v) is 7.00. The number of benzene rings is 1. The Morgan fingerprint density at radius 3 is 2.24 bits per heavy atom. The summed E-state index contributed by atoms with van der Waals surface area (Å²) in [4.78, 5) is 22.8. The van der Waals surface area contributed by atoms with Crippen LogP contribution in [0.5, 0.6) is 0 Å². The van der Waals surface area contributed by atoms with Gasteiger partial charge in [0.25, 0.3) is 0 Å². The first-order chi connectivity index (χ1) is 10.0. The molecular formula is C15H23N3O3. The maximum Gasteiger partial charge on any atom is 0.411 e. The van der Waals surface area contributed by atoms with Gasteiger partial charge >= 0.3 is 6.09 Å². The Hall–Kier alpha value is -2.08. The molecule has 1 aromatic rings. The predicted molar refractivity (Wildman–Crippen MR) is 83.2 cm³/mol. The van der Waals surface area contributed by atoms with E-state index >= 15 is 0 Å². The van der Waals surface area contributed by atoms with Crippen LogP contribution in [0.4, 0.5) is 16.2 Å². The predicted octanol–water partition coefficient (Wildman–Crippen LogP) is 2.57. The minimum absolute atomic E-state index is 0.0208. The third-order valence-electron chi connectivity index (χ3n) is 3.12. The van der Waals surface area contributed by atoms with E-state index in [1.807, 2.05) is 0 Å². The van der Waals surface area contributed by atoms with Crippen molar-refractivity contribution in [2.24, 2.45) is 11.7 Å². The molecule has 0 bridgehead atoms. The topological polar surface area (TPSA) is 93.5 Å². The highest BCUT2D eigenvalue weighted by Gasteiger charge is 2.07. The maximum atomic E-state index is 11.8. The first kappa shape index (κ1) is 17.0. The Bertz CT molecular complexity index is 460. The number of carbonyl (C=O) groups is 2. The third-order valence-corrected chi connectivity index (χ3v) is 3.12. The molecule has 0 saturated carbocycles. The number of ether oxygens (including phenoxy) is 1. The van der Waals surface area contributed by atoms with Gasteiger partial charge in [0.2, 0.25) is 5.91 Å². The molecule has 0 aromatic heterocycles. The van der Waals surface area contributed by atoms with Crippen LogP contribution in [0.25, 0.3) is 0 Å². The minimum Gasteiger partial charge on any atom is -0.453 e. The molecule has 1 rings (SSSR count). The average Bonchev–Trinajstić information content (AvgIpc) is 2.47. The standard InChI is InChI=1S/C15H23N3O3/c1-11(9-10-16)3-8-14(19)17-12-4-6-13(7-5-12)18-15(20)21-2/h4-7,11H,3,8-10,16H2,1-2H3,(H,17,19)(H,18,20). The van der Waals surface area contributed by atoms with Gasteiger partial charge in [-0.1, -0.05) is 6.92 Å². The molecule has 4 N–H and O–H groups in total. The second-order valence-electron chi connectivity index (χ2n) is 4.96. The van der Waals surface area contributed by atoms with E-state index in [1.54, 1.807) is 24.3 Å². The molecule has 0 aliphatic carbocycles. The summed E-state index contributed by atoms with van der Waals surface area (Å²) in [5, 5.41) is 5.36. The second-order valence-corrected chi connectivity index (χ2v) is 4.96. The van der Waals surface area contributed by atoms with E-state index in [1.165, 1.54) is 7.11 Å². The lowest BCUT2D eigenvalue weighted by Gasteiger charge is -2.10. The van der Waals surface area contributed by atoms with Gasteiger partial charge in [-0.15, -0.1) is 0 Å². The molecule has 1 unspecified atom stereocenters. The second kappa shape index (κ2) is 8.97. The van der Waals surface area contributed by atoms with Gasteiger partial charge in [0.05, 0.1) is 7.11 Å². The van der Waals surface area contributed by atoms with Crippen LogP contribution in [-0.4, -0.2) is 25.7 Å². The molecule has 1 atom stereocenters. The fourth-order valence-electron chi connectivity index (χ4n) is 1.84. The van der Waals surface area contributed by atoms with Crippen molar-refractivity contribution in [3.63, 3.8) is 0 Å². The van der Waals surface area contributed by atoms with Crippen molar-refractivity contribution in [2.75, 3.05) is 24.3 Å². The van der Waals surface area contributed by atoms with Crippen LogP contribution < -0.4 is 16.4 Å². The molecule has 21 heavy (non-hydrogen) atoms. The van der Waals surface area contributed by atoms with Crippen LogP contribution in [-0.2, 0) is 9.53 Å². The van der Waals surface area contributed by atoms with Gasteiger partial charge in [-0.05, 0) is 49.6 Å². The maximum absolute atomic E-state index is 11.8. The number of rotatable bonds is 7. The normalized spacial score (nSPS) is 11.6. The molecule has 0 spiro atoms. The number of nitrogens with two attached hydrogens (primary N) is 1. The molecule has 0 heterocycles. The zero-order valence-corrected chi connectivity index (χ0v) is 12.5. The largest absolute Gasteiger partial charge is 0.453 e. The van der Waals surface area contributed by atoms with E-state index < -0.39 is 6.09 Å². The lowest BCUT2D eigenvalue weighted by atomic mass is 10.0. The van der Waals surface area contributed by atoms with E-state index in [-0.39, 0.29) is 5.91 Å². The monoisotopic (exact) mass is 293 g/mol. The number of nitrogens with one attached hydrogen (secondary N) is 2. The van der Waals surface area contributed by atoms with Gasteiger partial charge in [-0.2, -0.15) is 0 Å². The van der Waals surface area contributed by atoms with Crippen LogP contribution in [0.15, 0.2) is 24.3 Å². The van der Waals surface area contributed by atoms with Gasteiger partial charge in [-0.3, -0.25) is 10.1 Å². The molecule has 0 aliphatic heterocycles. The van der Waals surface area contributed by atoms with Crippen LogP contribution in [0.1, 0.15) is 26.2 Å². The van der Waals surface area contributed by atoms with Crippen molar-refractivity contribution in [3.8, 4) is 0 Å². The Kier molecular flexibility index (Phi) is 7.25. The van der Waals surface area contributed by atoms with Gasteiger partial charge in [0, 0.05) is 17.8 Å². The lowest BCUT2D eigenvalue weighted by molar-refractivity contribution is -0.116. The van der Waals surface area contributed by atoms with E-state index in [2.05, 4.69) is 22.3 Å².